The Morgan fingerprint density at radius 1 is 1.03 bits per heavy atom. The number of sulfonamides is 1. The van der Waals surface area contributed by atoms with Crippen LogP contribution in [0.15, 0.2) is 84.4 Å². The molecule has 0 unspecified atom stereocenters. The van der Waals surface area contributed by atoms with Gasteiger partial charge in [0, 0.05) is 12.2 Å². The minimum absolute atomic E-state index is 0.193. The molecule has 166 valence electrons. The summed E-state index contributed by atoms with van der Waals surface area (Å²) in [7, 11) is -3.59. The van der Waals surface area contributed by atoms with E-state index in [1.807, 2.05) is 43.3 Å². The van der Waals surface area contributed by atoms with Crippen molar-refractivity contribution < 1.29 is 8.42 Å². The highest BCUT2D eigenvalue weighted by atomic mass is 32.2. The Hall–Kier alpha value is -3.76. The van der Waals surface area contributed by atoms with E-state index in [2.05, 4.69) is 30.0 Å². The fourth-order valence-corrected chi connectivity index (χ4v) is 3.73. The number of fused-ring (bicyclic) bond motifs is 1. The first-order valence-corrected chi connectivity index (χ1v) is 11.4. The molecule has 0 radical (unpaired) electrons. The third-order valence-corrected chi connectivity index (χ3v) is 5.75. The van der Waals surface area contributed by atoms with Crippen LogP contribution in [0.5, 0.6) is 0 Å². The predicted octanol–water partition coefficient (Wildman–Crippen LogP) is 3.44. The molecule has 0 atom stereocenters. The molecular weight excluding hydrogens is 426 g/mol. The highest BCUT2D eigenvalue weighted by Crippen LogP contribution is 2.21. The summed E-state index contributed by atoms with van der Waals surface area (Å²) < 4.78 is 27.5. The number of hydrogen-bond acceptors (Lipinski definition) is 7. The van der Waals surface area contributed by atoms with E-state index in [9.17, 15) is 8.42 Å². The Labute approximate surface area is 186 Å². The van der Waals surface area contributed by atoms with Gasteiger partial charge in [-0.1, -0.05) is 43.3 Å². The summed E-state index contributed by atoms with van der Waals surface area (Å²) in [5.41, 5.74) is 7.79. The maximum Gasteiger partial charge on any atom is 0.240 e. The van der Waals surface area contributed by atoms with Gasteiger partial charge in [-0.05, 0) is 42.4 Å². The molecule has 2 aromatic carbocycles. The fourth-order valence-electron chi connectivity index (χ4n) is 2.71. The van der Waals surface area contributed by atoms with E-state index in [0.29, 0.717) is 22.7 Å². The van der Waals surface area contributed by atoms with Crippen molar-refractivity contribution in [1.82, 2.24) is 24.7 Å². The standard InChI is InChI=1S/C18H16N6O2S.C4H9N/c25-27(26,23-10-13-4-2-1-3-5-13)15-8-6-14(7-9-15)24-18-16-17(20-11-19-16)21-12-22-18;1-2-3-4-5/h1-9,11-12,23H,10H2,(H2,19,20,21,22,24);3-4H,2,5H2,1H3/b;4-3+. The van der Waals surface area contributed by atoms with Gasteiger partial charge >= 0.3 is 0 Å². The van der Waals surface area contributed by atoms with Gasteiger partial charge < -0.3 is 16.0 Å². The second-order valence-electron chi connectivity index (χ2n) is 6.62. The normalized spacial score (nSPS) is 11.3. The van der Waals surface area contributed by atoms with Crippen molar-refractivity contribution >= 4 is 32.7 Å². The number of allylic oxidation sites excluding steroid dienone is 1. The van der Waals surface area contributed by atoms with Gasteiger partial charge in [-0.15, -0.1) is 0 Å². The zero-order chi connectivity index (χ0) is 22.8. The molecule has 0 amide bonds. The predicted molar refractivity (Wildman–Crippen MR) is 125 cm³/mol. The van der Waals surface area contributed by atoms with Crippen LogP contribution in [-0.2, 0) is 16.6 Å². The summed E-state index contributed by atoms with van der Waals surface area (Å²) in [5.74, 6) is 0.565. The first-order valence-electron chi connectivity index (χ1n) is 9.95. The molecule has 0 aliphatic rings. The van der Waals surface area contributed by atoms with Gasteiger partial charge in [0.2, 0.25) is 10.0 Å². The number of nitrogens with two attached hydrogens (primary N) is 1. The Morgan fingerprint density at radius 2 is 1.78 bits per heavy atom. The number of nitrogens with zero attached hydrogens (tertiary/aromatic N) is 3. The van der Waals surface area contributed by atoms with Gasteiger partial charge in [-0.2, -0.15) is 0 Å². The molecule has 2 heterocycles. The van der Waals surface area contributed by atoms with Crippen molar-refractivity contribution in [1.29, 1.82) is 0 Å². The SMILES string of the molecule is CC/C=C/N.O=S(=O)(NCc1ccccc1)c1ccc(Nc2ncnc3nc[nH]c23)cc1. The van der Waals surface area contributed by atoms with E-state index < -0.39 is 10.0 Å². The summed E-state index contributed by atoms with van der Waals surface area (Å²) in [5, 5.41) is 3.13. The molecule has 4 aromatic rings. The van der Waals surface area contributed by atoms with Crippen molar-refractivity contribution in [2.24, 2.45) is 5.73 Å². The van der Waals surface area contributed by atoms with E-state index in [-0.39, 0.29) is 11.4 Å². The topological polar surface area (TPSA) is 139 Å². The maximum absolute atomic E-state index is 12.4. The molecule has 0 bridgehead atoms. The molecule has 0 spiro atoms. The molecule has 0 aliphatic carbocycles. The molecule has 0 fully saturated rings. The highest BCUT2D eigenvalue weighted by molar-refractivity contribution is 7.89. The van der Waals surface area contributed by atoms with Crippen LogP contribution in [0, 0.1) is 0 Å². The second-order valence-corrected chi connectivity index (χ2v) is 8.39. The summed E-state index contributed by atoms with van der Waals surface area (Å²) in [6.07, 6.45) is 7.45. The van der Waals surface area contributed by atoms with Crippen molar-refractivity contribution in [2.75, 3.05) is 5.32 Å². The first-order chi connectivity index (χ1) is 15.5. The van der Waals surface area contributed by atoms with Crippen LogP contribution in [-0.4, -0.2) is 28.4 Å². The van der Waals surface area contributed by atoms with Crippen molar-refractivity contribution in [2.45, 2.75) is 24.8 Å². The Bertz CT molecular complexity index is 1250. The number of aromatic nitrogens is 4. The molecule has 4 rings (SSSR count). The number of rotatable bonds is 7. The number of imidazole rings is 1. The fraction of sp³-hybridized carbons (Fsp3) is 0.136. The molecular formula is C22H25N7O2S. The second kappa shape index (κ2) is 11.0. The van der Waals surface area contributed by atoms with Gasteiger partial charge in [-0.25, -0.2) is 28.1 Å². The van der Waals surface area contributed by atoms with Crippen LogP contribution in [0.4, 0.5) is 11.5 Å². The quantitative estimate of drug-likeness (QED) is 0.337. The van der Waals surface area contributed by atoms with E-state index in [0.717, 1.165) is 12.0 Å². The largest absolute Gasteiger partial charge is 0.405 e. The lowest BCUT2D eigenvalue weighted by atomic mass is 10.2. The number of H-pyrrole nitrogens is 1. The Kier molecular flexibility index (Phi) is 7.90. The first kappa shape index (κ1) is 22.9. The van der Waals surface area contributed by atoms with Gasteiger partial charge in [-0.3, -0.25) is 0 Å². The molecule has 0 aliphatic heterocycles. The van der Waals surface area contributed by atoms with Crippen molar-refractivity contribution in [3.63, 3.8) is 0 Å². The minimum atomic E-state index is -3.59. The van der Waals surface area contributed by atoms with Crippen LogP contribution < -0.4 is 15.8 Å². The number of aromatic amines is 1. The molecule has 32 heavy (non-hydrogen) atoms. The smallest absolute Gasteiger partial charge is 0.240 e. The minimum Gasteiger partial charge on any atom is -0.405 e. The van der Waals surface area contributed by atoms with E-state index in [1.165, 1.54) is 6.33 Å². The average Bonchev–Trinajstić information content (AvgIpc) is 3.30. The van der Waals surface area contributed by atoms with Crippen LogP contribution in [0.25, 0.3) is 11.2 Å². The van der Waals surface area contributed by atoms with E-state index in [4.69, 9.17) is 5.73 Å². The van der Waals surface area contributed by atoms with Gasteiger partial charge in [0.1, 0.15) is 11.8 Å². The van der Waals surface area contributed by atoms with Crippen LogP contribution in [0.2, 0.25) is 0 Å². The summed E-state index contributed by atoms with van der Waals surface area (Å²) in [6, 6.07) is 15.8. The summed E-state index contributed by atoms with van der Waals surface area (Å²) >= 11 is 0. The molecule has 9 nitrogen and oxygen atoms in total. The summed E-state index contributed by atoms with van der Waals surface area (Å²) in [4.78, 5) is 15.5. The maximum atomic E-state index is 12.4. The molecule has 2 aromatic heterocycles. The molecule has 0 saturated carbocycles. The molecule has 5 N–H and O–H groups in total. The van der Waals surface area contributed by atoms with E-state index >= 15 is 0 Å². The Morgan fingerprint density at radius 3 is 2.44 bits per heavy atom. The third-order valence-electron chi connectivity index (χ3n) is 4.33. The zero-order valence-corrected chi connectivity index (χ0v) is 18.4. The third kappa shape index (κ3) is 6.13. The van der Waals surface area contributed by atoms with E-state index in [1.54, 1.807) is 36.8 Å². The van der Waals surface area contributed by atoms with Gasteiger partial charge in [0.15, 0.2) is 11.5 Å². The zero-order valence-electron chi connectivity index (χ0n) is 17.6. The van der Waals surface area contributed by atoms with Crippen LogP contribution in [0.1, 0.15) is 18.9 Å². The number of benzene rings is 2. The van der Waals surface area contributed by atoms with Gasteiger partial charge in [0.05, 0.1) is 11.2 Å². The van der Waals surface area contributed by atoms with Crippen molar-refractivity contribution in [3.8, 4) is 0 Å². The van der Waals surface area contributed by atoms with Crippen LogP contribution >= 0.6 is 0 Å². The lowest BCUT2D eigenvalue weighted by Gasteiger charge is -2.09. The highest BCUT2D eigenvalue weighted by Gasteiger charge is 2.14. The van der Waals surface area contributed by atoms with Crippen molar-refractivity contribution in [3.05, 3.63) is 85.1 Å². The number of nitrogens with one attached hydrogen (secondary N) is 3. The lowest BCUT2D eigenvalue weighted by molar-refractivity contribution is 0.581. The Balaban J connectivity index is 0.000000523. The van der Waals surface area contributed by atoms with Gasteiger partial charge in [0.25, 0.3) is 0 Å². The number of hydrogen-bond donors (Lipinski definition) is 4. The molecule has 10 heteroatoms. The number of anilines is 2. The lowest BCUT2D eigenvalue weighted by Crippen LogP contribution is -2.23. The summed E-state index contributed by atoms with van der Waals surface area (Å²) in [6.45, 7) is 2.28. The monoisotopic (exact) mass is 451 g/mol. The molecule has 0 saturated heterocycles. The van der Waals surface area contributed by atoms with Crippen LogP contribution in [0.3, 0.4) is 0 Å². The average molecular weight is 452 g/mol.